The summed E-state index contributed by atoms with van der Waals surface area (Å²) in [6.45, 7) is 4.30. The second-order valence-electron chi connectivity index (χ2n) is 6.62. The van der Waals surface area contributed by atoms with Crippen LogP contribution in [0.15, 0.2) is 59.5 Å². The van der Waals surface area contributed by atoms with Gasteiger partial charge >= 0.3 is 0 Å². The van der Waals surface area contributed by atoms with Gasteiger partial charge < -0.3 is 5.32 Å². The molecule has 0 heterocycles. The van der Waals surface area contributed by atoms with Crippen LogP contribution in [0.5, 0.6) is 0 Å². The van der Waals surface area contributed by atoms with Crippen molar-refractivity contribution in [2.45, 2.75) is 25.2 Å². The van der Waals surface area contributed by atoms with E-state index in [4.69, 9.17) is 0 Å². The molecule has 1 N–H and O–H groups in total. The quantitative estimate of drug-likeness (QED) is 0.633. The van der Waals surface area contributed by atoms with E-state index in [0.717, 1.165) is 12.2 Å². The summed E-state index contributed by atoms with van der Waals surface area (Å²) in [6, 6.07) is 15.2. The van der Waals surface area contributed by atoms with Crippen LogP contribution in [0.1, 0.15) is 20.3 Å². The molecule has 0 saturated heterocycles. The molecule has 0 aromatic heterocycles. The van der Waals surface area contributed by atoms with Crippen LogP contribution in [-0.4, -0.2) is 32.9 Å². The SMILES string of the molecule is CC(C)CCSCC(=O)Nc1cccc(S(=O)(=O)N(C)c2ccccc2)c1. The number of sulfonamides is 1. The standard InChI is InChI=1S/C20H26N2O3S2/c1-16(2)12-13-26-15-20(23)21-17-8-7-11-19(14-17)27(24,25)22(3)18-9-5-4-6-10-18/h4-11,14,16H,12-13,15H2,1-3H3,(H,21,23). The third kappa shape index (κ3) is 6.29. The number of anilines is 2. The van der Waals surface area contributed by atoms with E-state index in [1.54, 1.807) is 48.2 Å². The van der Waals surface area contributed by atoms with Crippen molar-refractivity contribution >= 4 is 39.1 Å². The van der Waals surface area contributed by atoms with Crippen LogP contribution >= 0.6 is 11.8 Å². The summed E-state index contributed by atoms with van der Waals surface area (Å²) in [5, 5.41) is 2.78. The van der Waals surface area contributed by atoms with Gasteiger partial charge in [-0.25, -0.2) is 8.42 Å². The highest BCUT2D eigenvalue weighted by Gasteiger charge is 2.21. The molecule has 27 heavy (non-hydrogen) atoms. The van der Waals surface area contributed by atoms with Crippen molar-refractivity contribution in [1.82, 2.24) is 0 Å². The fourth-order valence-electron chi connectivity index (χ4n) is 2.35. The minimum absolute atomic E-state index is 0.130. The predicted octanol–water partition coefficient (Wildman–Crippen LogP) is 4.23. The van der Waals surface area contributed by atoms with Gasteiger partial charge in [-0.2, -0.15) is 11.8 Å². The summed E-state index contributed by atoms with van der Waals surface area (Å²) in [4.78, 5) is 12.2. The third-order valence-corrected chi connectivity index (χ3v) is 6.74. The topological polar surface area (TPSA) is 66.5 Å². The Morgan fingerprint density at radius 1 is 1.11 bits per heavy atom. The average Bonchev–Trinajstić information content (AvgIpc) is 2.65. The minimum atomic E-state index is -3.70. The predicted molar refractivity (Wildman–Crippen MR) is 114 cm³/mol. The Morgan fingerprint density at radius 2 is 1.81 bits per heavy atom. The molecule has 2 aromatic rings. The van der Waals surface area contributed by atoms with Gasteiger partial charge in [-0.15, -0.1) is 0 Å². The molecule has 146 valence electrons. The summed E-state index contributed by atoms with van der Waals surface area (Å²) >= 11 is 1.58. The second-order valence-corrected chi connectivity index (χ2v) is 9.69. The van der Waals surface area contributed by atoms with Crippen LogP contribution in [0.25, 0.3) is 0 Å². The van der Waals surface area contributed by atoms with Crippen molar-refractivity contribution < 1.29 is 13.2 Å². The van der Waals surface area contributed by atoms with E-state index in [1.807, 2.05) is 6.07 Å². The van der Waals surface area contributed by atoms with E-state index < -0.39 is 10.0 Å². The first-order chi connectivity index (χ1) is 12.8. The lowest BCUT2D eigenvalue weighted by Crippen LogP contribution is -2.26. The Bertz CT molecular complexity index is 853. The number of para-hydroxylation sites is 1. The Morgan fingerprint density at radius 3 is 2.48 bits per heavy atom. The molecule has 0 spiro atoms. The number of thioether (sulfide) groups is 1. The van der Waals surface area contributed by atoms with Crippen molar-refractivity contribution in [2.24, 2.45) is 5.92 Å². The summed E-state index contributed by atoms with van der Waals surface area (Å²) in [7, 11) is -2.19. The lowest BCUT2D eigenvalue weighted by atomic mass is 10.2. The Hall–Kier alpha value is -1.99. The molecule has 0 aliphatic rings. The Kier molecular flexibility index (Phi) is 7.74. The van der Waals surface area contributed by atoms with Crippen molar-refractivity contribution in [1.29, 1.82) is 0 Å². The highest BCUT2D eigenvalue weighted by molar-refractivity contribution is 7.99. The van der Waals surface area contributed by atoms with Gasteiger partial charge in [0.25, 0.3) is 10.0 Å². The average molecular weight is 407 g/mol. The van der Waals surface area contributed by atoms with Gasteiger partial charge in [0.2, 0.25) is 5.91 Å². The minimum Gasteiger partial charge on any atom is -0.325 e. The van der Waals surface area contributed by atoms with E-state index in [2.05, 4.69) is 19.2 Å². The van der Waals surface area contributed by atoms with E-state index in [9.17, 15) is 13.2 Å². The Labute approximate surface area is 166 Å². The smallest absolute Gasteiger partial charge is 0.264 e. The second kappa shape index (κ2) is 9.80. The Balaban J connectivity index is 2.05. The molecule has 2 aromatic carbocycles. The summed E-state index contributed by atoms with van der Waals surface area (Å²) < 4.78 is 26.9. The molecule has 0 aliphatic carbocycles. The van der Waals surface area contributed by atoms with Crippen molar-refractivity contribution in [3.8, 4) is 0 Å². The lowest BCUT2D eigenvalue weighted by Gasteiger charge is -2.19. The largest absolute Gasteiger partial charge is 0.325 e. The van der Waals surface area contributed by atoms with Crippen LogP contribution in [-0.2, 0) is 14.8 Å². The highest BCUT2D eigenvalue weighted by atomic mass is 32.2. The van der Waals surface area contributed by atoms with E-state index in [1.165, 1.54) is 23.5 Å². The number of nitrogens with one attached hydrogen (secondary N) is 1. The molecule has 0 atom stereocenters. The van der Waals surface area contributed by atoms with Gasteiger partial charge in [0.1, 0.15) is 0 Å². The number of rotatable bonds is 9. The molecule has 1 amide bonds. The number of carbonyl (C=O) groups excluding carboxylic acids is 1. The lowest BCUT2D eigenvalue weighted by molar-refractivity contribution is -0.113. The molecule has 5 nitrogen and oxygen atoms in total. The normalized spacial score (nSPS) is 11.4. The summed E-state index contributed by atoms with van der Waals surface area (Å²) in [5.74, 6) is 1.77. The van der Waals surface area contributed by atoms with Crippen molar-refractivity contribution in [3.63, 3.8) is 0 Å². The fraction of sp³-hybridized carbons (Fsp3) is 0.350. The number of hydrogen-bond acceptors (Lipinski definition) is 4. The van der Waals surface area contributed by atoms with Gasteiger partial charge in [-0.1, -0.05) is 38.1 Å². The number of nitrogens with zero attached hydrogens (tertiary/aromatic N) is 1. The summed E-state index contributed by atoms with van der Waals surface area (Å²) in [6.07, 6.45) is 1.07. The zero-order valence-corrected chi connectivity index (χ0v) is 17.5. The molecular weight excluding hydrogens is 380 g/mol. The molecule has 0 unspecified atom stereocenters. The molecule has 0 saturated carbocycles. The molecule has 0 fully saturated rings. The van der Waals surface area contributed by atoms with Crippen LogP contribution in [0.2, 0.25) is 0 Å². The van der Waals surface area contributed by atoms with Crippen LogP contribution < -0.4 is 9.62 Å². The zero-order valence-electron chi connectivity index (χ0n) is 15.9. The van der Waals surface area contributed by atoms with Gasteiger partial charge in [-0.05, 0) is 48.4 Å². The number of hydrogen-bond donors (Lipinski definition) is 1. The number of benzene rings is 2. The fourth-order valence-corrected chi connectivity index (χ4v) is 4.63. The van der Waals surface area contributed by atoms with Crippen LogP contribution in [0, 0.1) is 5.92 Å². The molecule has 0 aliphatic heterocycles. The van der Waals surface area contributed by atoms with E-state index >= 15 is 0 Å². The monoisotopic (exact) mass is 406 g/mol. The molecular formula is C20H26N2O3S2. The molecule has 7 heteroatoms. The van der Waals surface area contributed by atoms with Crippen LogP contribution in [0.4, 0.5) is 11.4 Å². The maximum absolute atomic E-state index is 12.9. The molecule has 0 radical (unpaired) electrons. The van der Waals surface area contributed by atoms with Gasteiger partial charge in [0.05, 0.1) is 16.3 Å². The zero-order chi connectivity index (χ0) is 19.9. The maximum atomic E-state index is 12.9. The van der Waals surface area contributed by atoms with Crippen LogP contribution in [0.3, 0.4) is 0 Å². The first-order valence-corrected chi connectivity index (χ1v) is 11.4. The van der Waals surface area contributed by atoms with E-state index in [-0.39, 0.29) is 10.8 Å². The first-order valence-electron chi connectivity index (χ1n) is 8.82. The molecule has 0 bridgehead atoms. The van der Waals surface area contributed by atoms with Gasteiger partial charge in [-0.3, -0.25) is 9.10 Å². The number of amides is 1. The maximum Gasteiger partial charge on any atom is 0.264 e. The number of carbonyl (C=O) groups is 1. The van der Waals surface area contributed by atoms with Gasteiger partial charge in [0, 0.05) is 12.7 Å². The van der Waals surface area contributed by atoms with Gasteiger partial charge in [0.15, 0.2) is 0 Å². The summed E-state index contributed by atoms with van der Waals surface area (Å²) in [5.41, 5.74) is 1.06. The highest BCUT2D eigenvalue weighted by Crippen LogP contribution is 2.23. The van der Waals surface area contributed by atoms with Crippen molar-refractivity contribution in [2.75, 3.05) is 28.2 Å². The van der Waals surface area contributed by atoms with Crippen molar-refractivity contribution in [3.05, 3.63) is 54.6 Å². The third-order valence-electron chi connectivity index (χ3n) is 3.97. The molecule has 2 rings (SSSR count). The first kappa shape index (κ1) is 21.3. The van der Waals surface area contributed by atoms with E-state index in [0.29, 0.717) is 23.0 Å².